The largest absolute Gasteiger partial charge is 0.466 e. The second kappa shape index (κ2) is 15.4. The van der Waals surface area contributed by atoms with Gasteiger partial charge in [0.25, 0.3) is 5.56 Å². The molecule has 0 bridgehead atoms. The van der Waals surface area contributed by atoms with Crippen molar-refractivity contribution in [2.45, 2.75) is 192 Å². The van der Waals surface area contributed by atoms with Gasteiger partial charge in [-0.1, -0.05) is 111 Å². The van der Waals surface area contributed by atoms with Crippen LogP contribution in [0.25, 0.3) is 0 Å². The Morgan fingerprint density at radius 1 is 0.979 bits per heavy atom. The molecule has 1 aliphatic heterocycles. The Bertz CT molecular complexity index is 1320. The van der Waals surface area contributed by atoms with Gasteiger partial charge in [0.2, 0.25) is 0 Å². The average Bonchev–Trinajstić information content (AvgIpc) is 3.30. The lowest BCUT2D eigenvalue weighted by atomic mass is 9.88. The van der Waals surface area contributed by atoms with Crippen molar-refractivity contribution in [2.24, 2.45) is 5.41 Å². The number of carbonyl (C=O) groups excluding carboxylic acids is 1. The van der Waals surface area contributed by atoms with Crippen LogP contribution >= 0.6 is 0 Å². The lowest BCUT2D eigenvalue weighted by Crippen LogP contribution is -2.52. The summed E-state index contributed by atoms with van der Waals surface area (Å²) in [6.07, 6.45) is 19.3. The number of unbranched alkanes of at least 4 members (excludes halogenated alkanes) is 13. The van der Waals surface area contributed by atoms with Crippen molar-refractivity contribution in [1.82, 2.24) is 9.55 Å². The van der Waals surface area contributed by atoms with Gasteiger partial charge in [0.15, 0.2) is 8.32 Å². The standard InChI is InChI=1S/C37H64N2O7Si/c1-8-9-10-11-12-13-14-15-16-17-18-19-20-21-22-44-30(40)24-35-26-36(43)23-29(39-25-28(2)31(41)38-33(39)42)45-32(36)37(35,27-35)46-47(6,7)34(3,4)5/h25,29,32,43H,8-24,26-27H2,1-7H3,(H,38,41,42)/t29-,32?,35-,36-,37+/m1/s1. The van der Waals surface area contributed by atoms with Gasteiger partial charge in [-0.2, -0.15) is 0 Å². The first-order valence-electron chi connectivity index (χ1n) is 18.7. The van der Waals surface area contributed by atoms with E-state index in [0.717, 1.165) is 12.8 Å². The lowest BCUT2D eigenvalue weighted by Gasteiger charge is -2.42. The molecule has 4 rings (SSSR count). The zero-order valence-electron chi connectivity index (χ0n) is 30.5. The molecule has 0 amide bonds. The third-order valence-electron chi connectivity index (χ3n) is 11.7. The van der Waals surface area contributed by atoms with Gasteiger partial charge in [-0.15, -0.1) is 0 Å². The van der Waals surface area contributed by atoms with Gasteiger partial charge >= 0.3 is 11.7 Å². The SMILES string of the molecule is CCCCCCCCCCCCCCCCOC(=O)C[C@]12C[C@]3(O)C[C@H](n4cc(C)c(=O)[nH]c4=O)OC3[C@@]1(O[Si](C)(C)C(C)(C)C)C2. The number of carbonyl (C=O) groups is 1. The second-order valence-corrected chi connectivity index (χ2v) is 21.4. The summed E-state index contributed by atoms with van der Waals surface area (Å²) in [6.45, 7) is 15.2. The number of ether oxygens (including phenoxy) is 2. The fourth-order valence-corrected chi connectivity index (χ4v) is 9.54. The fourth-order valence-electron chi connectivity index (χ4n) is 7.93. The second-order valence-electron chi connectivity index (χ2n) is 16.6. The molecule has 0 spiro atoms. The minimum absolute atomic E-state index is 0.0871. The van der Waals surface area contributed by atoms with Crippen molar-refractivity contribution in [3.05, 3.63) is 32.6 Å². The van der Waals surface area contributed by atoms with Crippen LogP contribution < -0.4 is 11.2 Å². The van der Waals surface area contributed by atoms with Crippen molar-refractivity contribution in [3.8, 4) is 0 Å². The Morgan fingerprint density at radius 2 is 1.53 bits per heavy atom. The van der Waals surface area contributed by atoms with Gasteiger partial charge in [0.05, 0.1) is 24.2 Å². The summed E-state index contributed by atoms with van der Waals surface area (Å²) in [7, 11) is -2.34. The maximum atomic E-state index is 13.2. The van der Waals surface area contributed by atoms with Gasteiger partial charge in [0.1, 0.15) is 12.3 Å². The summed E-state index contributed by atoms with van der Waals surface area (Å²) in [5.41, 5.74) is -3.26. The topological polar surface area (TPSA) is 120 Å². The number of rotatable bonds is 20. The minimum Gasteiger partial charge on any atom is -0.466 e. The molecular formula is C37H64N2O7Si. The molecular weight excluding hydrogens is 613 g/mol. The molecule has 3 aliphatic rings. The molecule has 2 N–H and O–H groups in total. The van der Waals surface area contributed by atoms with E-state index in [4.69, 9.17) is 13.9 Å². The molecule has 0 aromatic carbocycles. The van der Waals surface area contributed by atoms with Crippen LogP contribution in [0, 0.1) is 12.3 Å². The summed E-state index contributed by atoms with van der Waals surface area (Å²) in [5.74, 6) is -0.243. The molecule has 5 atom stereocenters. The molecule has 2 heterocycles. The molecule has 47 heavy (non-hydrogen) atoms. The van der Waals surface area contributed by atoms with E-state index >= 15 is 0 Å². The number of esters is 1. The van der Waals surface area contributed by atoms with Crippen LogP contribution in [-0.2, 0) is 18.7 Å². The van der Waals surface area contributed by atoms with Crippen LogP contribution in [0.1, 0.15) is 155 Å². The van der Waals surface area contributed by atoms with Crippen molar-refractivity contribution < 1.29 is 23.8 Å². The van der Waals surface area contributed by atoms with Gasteiger partial charge in [-0.25, -0.2) is 4.79 Å². The predicted octanol–water partition coefficient (Wildman–Crippen LogP) is 7.83. The molecule has 268 valence electrons. The third kappa shape index (κ3) is 8.71. The summed E-state index contributed by atoms with van der Waals surface area (Å²) in [4.78, 5) is 40.2. The van der Waals surface area contributed by atoms with Crippen molar-refractivity contribution in [1.29, 1.82) is 0 Å². The molecule has 0 radical (unpaired) electrons. The Labute approximate surface area is 283 Å². The third-order valence-corrected chi connectivity index (χ3v) is 16.2. The highest BCUT2D eigenvalue weighted by molar-refractivity contribution is 6.74. The molecule has 2 aliphatic carbocycles. The van der Waals surface area contributed by atoms with Gasteiger partial charge < -0.3 is 19.0 Å². The van der Waals surface area contributed by atoms with Crippen LogP contribution in [0.15, 0.2) is 15.8 Å². The summed E-state index contributed by atoms with van der Waals surface area (Å²) < 4.78 is 20.7. The van der Waals surface area contributed by atoms with E-state index in [-0.39, 0.29) is 23.8 Å². The first kappa shape index (κ1) is 38.1. The van der Waals surface area contributed by atoms with Crippen molar-refractivity contribution in [3.63, 3.8) is 0 Å². The van der Waals surface area contributed by atoms with Crippen LogP contribution in [0.5, 0.6) is 0 Å². The molecule has 1 aromatic heterocycles. The number of nitrogens with one attached hydrogen (secondary N) is 1. The Morgan fingerprint density at radius 3 is 2.09 bits per heavy atom. The monoisotopic (exact) mass is 676 g/mol. The van der Waals surface area contributed by atoms with E-state index in [2.05, 4.69) is 45.8 Å². The molecule has 2 saturated carbocycles. The summed E-state index contributed by atoms with van der Waals surface area (Å²) in [6, 6.07) is 0. The van der Waals surface area contributed by atoms with Gasteiger partial charge in [0, 0.05) is 23.6 Å². The van der Waals surface area contributed by atoms with Crippen molar-refractivity contribution >= 4 is 14.3 Å². The molecule has 1 aromatic rings. The summed E-state index contributed by atoms with van der Waals surface area (Å²) >= 11 is 0. The average molecular weight is 677 g/mol. The Hall–Kier alpha value is -1.75. The summed E-state index contributed by atoms with van der Waals surface area (Å²) in [5, 5.41) is 11.9. The van der Waals surface area contributed by atoms with Crippen LogP contribution in [0.4, 0.5) is 0 Å². The normalized spacial score (nSPS) is 28.3. The fraction of sp³-hybridized carbons (Fsp3) is 0.865. The number of aryl methyl sites for hydroxylation is 1. The predicted molar refractivity (Wildman–Crippen MR) is 188 cm³/mol. The van der Waals surface area contributed by atoms with Gasteiger partial charge in [-0.05, 0) is 44.3 Å². The molecule has 9 nitrogen and oxygen atoms in total. The van der Waals surface area contributed by atoms with E-state index in [1.54, 1.807) is 6.92 Å². The van der Waals surface area contributed by atoms with E-state index in [9.17, 15) is 19.5 Å². The highest BCUT2D eigenvalue weighted by Gasteiger charge is 2.85. The molecule has 10 heteroatoms. The number of hydrogen-bond donors (Lipinski definition) is 2. The zero-order valence-corrected chi connectivity index (χ0v) is 31.5. The van der Waals surface area contributed by atoms with E-state index in [0.29, 0.717) is 25.0 Å². The first-order chi connectivity index (χ1) is 22.1. The number of fused-ring (bicyclic) bond motifs is 3. The first-order valence-corrected chi connectivity index (χ1v) is 21.6. The van der Waals surface area contributed by atoms with Gasteiger partial charge in [-0.3, -0.25) is 19.1 Å². The molecule has 1 unspecified atom stereocenters. The molecule has 3 fully saturated rings. The number of H-pyrrole nitrogens is 1. The number of nitrogens with zero attached hydrogens (tertiary/aromatic N) is 1. The quantitative estimate of drug-likeness (QED) is 0.0821. The Balaban J connectivity index is 1.26. The smallest absolute Gasteiger partial charge is 0.330 e. The van der Waals surface area contributed by atoms with Crippen LogP contribution in [-0.4, -0.2) is 52.9 Å². The number of hydrogen-bond acceptors (Lipinski definition) is 7. The van der Waals surface area contributed by atoms with E-state index in [1.807, 2.05) is 0 Å². The van der Waals surface area contributed by atoms with Crippen LogP contribution in [0.3, 0.4) is 0 Å². The molecule has 1 saturated heterocycles. The maximum Gasteiger partial charge on any atom is 0.330 e. The highest BCUT2D eigenvalue weighted by Crippen LogP contribution is 2.77. The number of aliphatic hydroxyl groups is 1. The lowest BCUT2D eigenvalue weighted by molar-refractivity contribution is -0.146. The van der Waals surface area contributed by atoms with E-state index in [1.165, 1.54) is 87.8 Å². The number of aromatic nitrogens is 2. The Kier molecular flexibility index (Phi) is 12.5. The van der Waals surface area contributed by atoms with E-state index < -0.39 is 48.5 Å². The highest BCUT2D eigenvalue weighted by atomic mass is 28.4. The maximum absolute atomic E-state index is 13.2. The number of aromatic amines is 1. The van der Waals surface area contributed by atoms with Crippen molar-refractivity contribution in [2.75, 3.05) is 6.61 Å². The van der Waals surface area contributed by atoms with Crippen LogP contribution in [0.2, 0.25) is 18.1 Å². The zero-order chi connectivity index (χ0) is 34.5. The minimum atomic E-state index is -2.34.